The van der Waals surface area contributed by atoms with Gasteiger partial charge in [0, 0.05) is 98.9 Å². The number of rotatable bonds is 18. The molecule has 24 nitrogen and oxygen atoms in total. The van der Waals surface area contributed by atoms with Gasteiger partial charge in [0.05, 0.1) is 31.0 Å². The molecule has 8 aromatic carbocycles. The number of ether oxygens (including phenoxy) is 5. The van der Waals surface area contributed by atoms with E-state index in [0.717, 1.165) is 52.7 Å². The van der Waals surface area contributed by atoms with Crippen molar-refractivity contribution in [2.24, 2.45) is 11.7 Å². The Labute approximate surface area is 620 Å². The predicted octanol–water partition coefficient (Wildman–Crippen LogP) is 13.8. The summed E-state index contributed by atoms with van der Waals surface area (Å²) < 4.78 is 47.2. The van der Waals surface area contributed by atoms with Crippen LogP contribution in [-0.2, 0) is 49.8 Å². The summed E-state index contributed by atoms with van der Waals surface area (Å²) in [6, 6.07) is 78.5. The van der Waals surface area contributed by atoms with Gasteiger partial charge in [0.15, 0.2) is 5.11 Å². The number of carbonyl (C=O) groups is 6. The van der Waals surface area contributed by atoms with Crippen LogP contribution in [0.15, 0.2) is 267 Å². The molecule has 0 saturated carbocycles. The average Bonchev–Trinajstić information content (AvgIpc) is 1.75. The van der Waals surface area contributed by atoms with Crippen molar-refractivity contribution >= 4 is 115 Å². The van der Waals surface area contributed by atoms with Crippen LogP contribution in [-0.4, -0.2) is 150 Å². The minimum absolute atomic E-state index is 0.0326. The molecule has 104 heavy (non-hydrogen) atoms. The number of anilines is 7. The van der Waals surface area contributed by atoms with Gasteiger partial charge in [-0.15, -0.1) is 11.6 Å². The van der Waals surface area contributed by atoms with Crippen molar-refractivity contribution in [2.75, 3.05) is 123 Å². The Hall–Kier alpha value is -11.3. The lowest BCUT2D eigenvalue weighted by Gasteiger charge is -2.13. The number of amides is 6. The summed E-state index contributed by atoms with van der Waals surface area (Å²) in [6.45, 7) is 8.15. The van der Waals surface area contributed by atoms with Gasteiger partial charge in [0.2, 0.25) is 21.8 Å². The number of pyridine rings is 1. The highest BCUT2D eigenvalue weighted by atomic mass is 35.5. The van der Waals surface area contributed by atoms with Crippen LogP contribution >= 0.6 is 23.8 Å². The molecule has 27 heteroatoms. The molecule has 2 aliphatic heterocycles. The number of sulfonamides is 1. The molecule has 0 atom stereocenters. The van der Waals surface area contributed by atoms with Crippen molar-refractivity contribution in [3.05, 3.63) is 278 Å². The molecule has 0 radical (unpaired) electrons. The van der Waals surface area contributed by atoms with Gasteiger partial charge in [-0.3, -0.25) is 34.9 Å². The van der Waals surface area contributed by atoms with E-state index in [9.17, 15) is 37.2 Å². The fourth-order valence-corrected chi connectivity index (χ4v) is 8.19. The van der Waals surface area contributed by atoms with Crippen molar-refractivity contribution in [3.8, 4) is 0 Å². The molecule has 9 N–H and O–H groups in total. The van der Waals surface area contributed by atoms with Gasteiger partial charge in [-0.25, -0.2) is 27.1 Å². The molecule has 11 rings (SSSR count). The van der Waals surface area contributed by atoms with Gasteiger partial charge in [-0.2, -0.15) is 0 Å². The zero-order valence-electron chi connectivity index (χ0n) is 59.0. The number of cyclic esters (lactones) is 1. The number of carbonyl (C=O) groups excluding carboxylic acids is 6. The Morgan fingerprint density at radius 2 is 1.00 bits per heavy atom. The topological polar surface area (TPSA) is 317 Å². The maximum atomic E-state index is 11.3. The highest BCUT2D eigenvalue weighted by molar-refractivity contribution is 7.88. The van der Waals surface area contributed by atoms with Gasteiger partial charge in [-0.05, 0) is 115 Å². The quantitative estimate of drug-likeness (QED) is 0.0138. The number of para-hydroxylation sites is 6. The first-order valence-corrected chi connectivity index (χ1v) is 35.2. The first-order valence-electron chi connectivity index (χ1n) is 32.4. The molecule has 2 saturated heterocycles. The number of alkyl halides is 1. The molecule has 6 amide bonds. The molecule has 0 spiro atoms. The van der Waals surface area contributed by atoms with Crippen LogP contribution in [0.1, 0.15) is 29.8 Å². The summed E-state index contributed by atoms with van der Waals surface area (Å²) in [7, 11) is 1.55. The number of nitrogens with zero attached hydrogens (tertiary/aromatic N) is 4. The van der Waals surface area contributed by atoms with Gasteiger partial charge >= 0.3 is 18.3 Å². The highest BCUT2D eigenvalue weighted by Gasteiger charge is 2.25. The zero-order chi connectivity index (χ0) is 76.0. The Bertz CT molecular complexity index is 3940. The fraction of sp³-hybridized carbons (Fsp3) is 0.221. The lowest BCUT2D eigenvalue weighted by Crippen LogP contribution is -2.24. The van der Waals surface area contributed by atoms with Crippen molar-refractivity contribution < 1.29 is 60.9 Å². The summed E-state index contributed by atoms with van der Waals surface area (Å²) in [5.74, 6) is 0.420. The third-order valence-electron chi connectivity index (χ3n) is 12.9. The van der Waals surface area contributed by atoms with E-state index in [0.29, 0.717) is 48.7 Å². The third-order valence-corrected chi connectivity index (χ3v) is 14.4. The Kier molecular flexibility index (Phi) is 44.1. The molecule has 1 aromatic heterocycles. The first-order chi connectivity index (χ1) is 50.1. The first kappa shape index (κ1) is 87.0. The molecule has 2 fully saturated rings. The smallest absolute Gasteiger partial charge is 0.414 e. The molecule has 2 aliphatic rings. The Morgan fingerprint density at radius 1 is 0.577 bits per heavy atom. The van der Waals surface area contributed by atoms with Crippen molar-refractivity contribution in [1.29, 1.82) is 0 Å². The van der Waals surface area contributed by atoms with Gasteiger partial charge in [0.25, 0.3) is 5.91 Å². The molecule has 0 aliphatic carbocycles. The Balaban J connectivity index is 0.000000305. The van der Waals surface area contributed by atoms with Gasteiger partial charge in [-0.1, -0.05) is 172 Å². The summed E-state index contributed by atoms with van der Waals surface area (Å²) in [5.41, 5.74) is 17.9. The second-order valence-electron chi connectivity index (χ2n) is 21.7. The van der Waals surface area contributed by atoms with E-state index in [-0.39, 0.29) is 49.6 Å². The van der Waals surface area contributed by atoms with Gasteiger partial charge < -0.3 is 56.0 Å². The van der Waals surface area contributed by atoms with Crippen LogP contribution in [0.2, 0.25) is 0 Å². The van der Waals surface area contributed by atoms with Crippen LogP contribution in [0.25, 0.3) is 0 Å². The number of nitrogens with two attached hydrogens (primary N) is 2. The SMILES string of the molecule is CC(C)C(=O)Nc1ccccc1.CN(Cc1ccccc1)S(C)(=O)=O.COCC(=O)Nc1ccccc1.COCCOC(=O)Nc1ccccc1.NC(=S)Nc1ccccc1.Nc1cccnc1.O=C(Nc1ccccc1)OCCCl.O=C(c1ccccc1)N1CC1.O=C1OCCN1c1ccccc1. The van der Waals surface area contributed by atoms with Crippen LogP contribution in [0, 0.1) is 5.92 Å². The molecule has 3 heterocycles. The number of hydrogen-bond acceptors (Lipinski definition) is 16. The molecular weight excluding hydrogens is 1390 g/mol. The number of methoxy groups -OCH3 is 2. The number of hydrogen-bond donors (Lipinski definition) is 7. The molecule has 552 valence electrons. The molecule has 0 unspecified atom stereocenters. The van der Waals surface area contributed by atoms with E-state index in [2.05, 4.69) is 48.5 Å². The zero-order valence-corrected chi connectivity index (χ0v) is 61.4. The monoisotopic (exact) mass is 1480 g/mol. The number of thiocarbonyl (C=S) groups is 1. The van der Waals surface area contributed by atoms with E-state index in [1.807, 2.05) is 237 Å². The largest absolute Gasteiger partial charge is 0.448 e. The van der Waals surface area contributed by atoms with Crippen LogP contribution in [0.4, 0.5) is 54.2 Å². The molecule has 0 bridgehead atoms. The van der Waals surface area contributed by atoms with E-state index >= 15 is 0 Å². The summed E-state index contributed by atoms with van der Waals surface area (Å²) >= 11 is 9.99. The number of benzene rings is 8. The lowest BCUT2D eigenvalue weighted by molar-refractivity contribution is -0.120. The second kappa shape index (κ2) is 52.7. The second-order valence-corrected chi connectivity index (χ2v) is 24.6. The van der Waals surface area contributed by atoms with Crippen LogP contribution in [0.5, 0.6) is 0 Å². The summed E-state index contributed by atoms with van der Waals surface area (Å²) in [4.78, 5) is 73.9. The highest BCUT2D eigenvalue weighted by Crippen LogP contribution is 2.18. The van der Waals surface area contributed by atoms with E-state index in [1.54, 1.807) is 67.8 Å². The van der Waals surface area contributed by atoms with Crippen LogP contribution < -0.4 is 43.0 Å². The third kappa shape index (κ3) is 42.1. The fourth-order valence-electron chi connectivity index (χ4n) is 7.61. The van der Waals surface area contributed by atoms with Crippen molar-refractivity contribution in [2.45, 2.75) is 20.4 Å². The maximum Gasteiger partial charge on any atom is 0.414 e. The van der Waals surface area contributed by atoms with Crippen molar-refractivity contribution in [3.63, 3.8) is 0 Å². The van der Waals surface area contributed by atoms with E-state index in [1.165, 1.54) is 17.7 Å². The molecular formula is C77H92ClN11O13S2. The number of halogens is 1. The van der Waals surface area contributed by atoms with Gasteiger partial charge in [0.1, 0.15) is 26.4 Å². The summed E-state index contributed by atoms with van der Waals surface area (Å²) in [5, 5.41) is 13.7. The predicted molar refractivity (Wildman–Crippen MR) is 418 cm³/mol. The standard InChI is InChI=1S/C10H13NO3.C10H13NO.C9H10ClNO2.C9H13NO2S.C9H9NO2.C9H11NO2.C9H9NO.C7H8N2S.C5H6N2/c1-13-7-8-14-10(12)11-9-5-3-2-4-6-9;1-8(2)10(12)11-9-6-4-3-5-7-9;10-6-7-13-9(12)11-8-4-2-1-3-5-8;1-10(13(2,11)12)8-9-6-4-3-5-7-9;11-9-10(6-7-12-9)8-4-2-1-3-5-8;1-12-7-9(11)10-8-5-3-2-4-6-8;11-9(10-6-7-10)8-4-2-1-3-5-8;8-7(10)9-6-4-2-1-3-5-6;6-5-2-1-3-7-4-5/h2-6H,7-8H2,1H3,(H,11,12);3-8H,1-2H3,(H,11,12);1-5H,6-7H2,(H,11,12);3-7H,8H2,1-2H3;1-5H,6-7H2;2-6H,7H2,1H3,(H,10,11);1-5H,6-7H2;1-5H,(H3,8,9,10);1-4H,6H2. The van der Waals surface area contributed by atoms with Crippen LogP contribution in [0.3, 0.4) is 0 Å². The molecule has 9 aromatic rings. The lowest BCUT2D eigenvalue weighted by atomic mass is 10.2. The van der Waals surface area contributed by atoms with E-state index in [4.69, 9.17) is 42.0 Å². The minimum Gasteiger partial charge on any atom is -0.448 e. The number of aromatic nitrogens is 1. The average molecular weight is 1480 g/mol. The minimum atomic E-state index is -3.07. The van der Waals surface area contributed by atoms with E-state index < -0.39 is 22.2 Å². The summed E-state index contributed by atoms with van der Waals surface area (Å²) in [6.07, 6.45) is 3.31. The maximum absolute atomic E-state index is 11.3. The Morgan fingerprint density at radius 3 is 1.37 bits per heavy atom. The normalized spacial score (nSPS) is 11.0. The number of nitrogen functional groups attached to an aromatic ring is 1. The van der Waals surface area contributed by atoms with Crippen molar-refractivity contribution in [1.82, 2.24) is 14.2 Å². The number of nitrogens with one attached hydrogen (secondary N) is 5.